The minimum absolute atomic E-state index is 0.130. The number of Topliss-reactive ketones (excluding diaryl/α,β-unsaturated/α-hetero) is 1. The minimum Gasteiger partial charge on any atom is -0.467 e. The lowest BCUT2D eigenvalue weighted by Gasteiger charge is -2.35. The second-order valence-electron chi connectivity index (χ2n) is 5.54. The van der Waals surface area contributed by atoms with Gasteiger partial charge in [0.25, 0.3) is 0 Å². The van der Waals surface area contributed by atoms with Crippen LogP contribution in [0.4, 0.5) is 0 Å². The molecule has 0 saturated carbocycles. The number of rotatable bonds is 3. The number of nitrogens with zero attached hydrogens (tertiary/aromatic N) is 3. The molecule has 0 spiro atoms. The van der Waals surface area contributed by atoms with E-state index >= 15 is 0 Å². The summed E-state index contributed by atoms with van der Waals surface area (Å²) in [7, 11) is 3.70. The number of methoxy groups -OCH3 is 1. The van der Waals surface area contributed by atoms with Gasteiger partial charge in [0.1, 0.15) is 0 Å². The summed E-state index contributed by atoms with van der Waals surface area (Å²) >= 11 is 0. The lowest BCUT2D eigenvalue weighted by molar-refractivity contribution is 0.0766. The van der Waals surface area contributed by atoms with E-state index < -0.39 is 0 Å². The van der Waals surface area contributed by atoms with E-state index in [1.165, 1.54) is 20.0 Å². The molecule has 2 aliphatic heterocycles. The average molecular weight is 261 g/mol. The summed E-state index contributed by atoms with van der Waals surface area (Å²) in [4.78, 5) is 23.0. The van der Waals surface area contributed by atoms with Crippen LogP contribution in [-0.4, -0.2) is 46.9 Å². The van der Waals surface area contributed by atoms with Crippen LogP contribution in [0.5, 0.6) is 6.01 Å². The third kappa shape index (κ3) is 2.23. The molecule has 0 aromatic carbocycles. The molecule has 5 heteroatoms. The van der Waals surface area contributed by atoms with Gasteiger partial charge in [-0.3, -0.25) is 4.79 Å². The van der Waals surface area contributed by atoms with Crippen molar-refractivity contribution in [1.82, 2.24) is 14.9 Å². The Labute approximate surface area is 113 Å². The lowest BCUT2D eigenvalue weighted by Crippen LogP contribution is -2.42. The third-order valence-electron chi connectivity index (χ3n) is 4.56. The Kier molecular flexibility index (Phi) is 3.22. The van der Waals surface area contributed by atoms with Gasteiger partial charge in [0.05, 0.1) is 12.7 Å². The highest BCUT2D eigenvalue weighted by atomic mass is 16.5. The van der Waals surface area contributed by atoms with E-state index in [4.69, 9.17) is 4.74 Å². The molecule has 1 aromatic rings. The highest BCUT2D eigenvalue weighted by Gasteiger charge is 2.41. The zero-order valence-corrected chi connectivity index (χ0v) is 11.4. The predicted molar refractivity (Wildman–Crippen MR) is 70.2 cm³/mol. The smallest absolute Gasteiger partial charge is 0.316 e. The van der Waals surface area contributed by atoms with Crippen molar-refractivity contribution in [3.8, 4) is 6.01 Å². The second kappa shape index (κ2) is 4.89. The van der Waals surface area contributed by atoms with Crippen molar-refractivity contribution in [3.63, 3.8) is 0 Å². The molecule has 2 fully saturated rings. The monoisotopic (exact) mass is 261 g/mol. The van der Waals surface area contributed by atoms with Crippen LogP contribution in [0.15, 0.2) is 12.4 Å². The van der Waals surface area contributed by atoms with Crippen molar-refractivity contribution in [3.05, 3.63) is 18.0 Å². The van der Waals surface area contributed by atoms with Crippen LogP contribution in [0.2, 0.25) is 0 Å². The van der Waals surface area contributed by atoms with Crippen molar-refractivity contribution in [2.45, 2.75) is 37.8 Å². The van der Waals surface area contributed by atoms with Crippen molar-refractivity contribution in [1.29, 1.82) is 0 Å². The number of carbonyl (C=O) groups is 1. The maximum absolute atomic E-state index is 12.5. The van der Waals surface area contributed by atoms with Crippen LogP contribution in [0.25, 0.3) is 0 Å². The van der Waals surface area contributed by atoms with Crippen LogP contribution in [0.1, 0.15) is 36.0 Å². The van der Waals surface area contributed by atoms with Gasteiger partial charge < -0.3 is 9.64 Å². The summed E-state index contributed by atoms with van der Waals surface area (Å²) in [6, 6.07) is 1.46. The average Bonchev–Trinajstić information content (AvgIpc) is 2.68. The van der Waals surface area contributed by atoms with Gasteiger partial charge in [0.15, 0.2) is 5.78 Å². The van der Waals surface area contributed by atoms with Gasteiger partial charge in [0.2, 0.25) is 0 Å². The third-order valence-corrected chi connectivity index (χ3v) is 4.56. The summed E-state index contributed by atoms with van der Waals surface area (Å²) in [5.74, 6) is 0.318. The maximum Gasteiger partial charge on any atom is 0.316 e. The molecule has 2 unspecified atom stereocenters. The molecule has 0 amide bonds. The summed E-state index contributed by atoms with van der Waals surface area (Å²) in [5.41, 5.74) is 0.606. The van der Waals surface area contributed by atoms with Gasteiger partial charge in [0, 0.05) is 30.4 Å². The van der Waals surface area contributed by atoms with E-state index in [2.05, 4.69) is 21.9 Å². The summed E-state index contributed by atoms with van der Waals surface area (Å²) in [6.07, 6.45) is 7.55. The number of ketones is 1. The molecule has 0 radical (unpaired) electrons. The number of fused-ring (bicyclic) bond motifs is 2. The molecule has 0 N–H and O–H groups in total. The Balaban J connectivity index is 1.73. The van der Waals surface area contributed by atoms with Gasteiger partial charge in [-0.05, 0) is 32.7 Å². The lowest BCUT2D eigenvalue weighted by atomic mass is 9.86. The molecule has 0 aliphatic carbocycles. The number of hydrogen-bond acceptors (Lipinski definition) is 5. The fraction of sp³-hybridized carbons (Fsp3) is 0.643. The van der Waals surface area contributed by atoms with Gasteiger partial charge in [-0.1, -0.05) is 0 Å². The Morgan fingerprint density at radius 3 is 2.37 bits per heavy atom. The maximum atomic E-state index is 12.5. The van der Waals surface area contributed by atoms with Crippen molar-refractivity contribution in [2.75, 3.05) is 14.2 Å². The molecule has 2 aliphatic rings. The van der Waals surface area contributed by atoms with Gasteiger partial charge in [-0.15, -0.1) is 0 Å². The molecule has 2 saturated heterocycles. The first-order valence-electron chi connectivity index (χ1n) is 6.81. The molecule has 1 aromatic heterocycles. The van der Waals surface area contributed by atoms with E-state index in [1.807, 2.05) is 0 Å². The number of hydrogen-bond donors (Lipinski definition) is 0. The molecule has 19 heavy (non-hydrogen) atoms. The fourth-order valence-corrected chi connectivity index (χ4v) is 3.41. The van der Waals surface area contributed by atoms with E-state index in [1.54, 1.807) is 12.4 Å². The highest BCUT2D eigenvalue weighted by Crippen LogP contribution is 2.38. The Hall–Kier alpha value is -1.49. The van der Waals surface area contributed by atoms with E-state index in [0.717, 1.165) is 12.8 Å². The Morgan fingerprint density at radius 1 is 1.26 bits per heavy atom. The zero-order chi connectivity index (χ0) is 13.4. The normalized spacial score (nSPS) is 30.3. The van der Waals surface area contributed by atoms with E-state index in [-0.39, 0.29) is 11.7 Å². The second-order valence-corrected chi connectivity index (χ2v) is 5.54. The van der Waals surface area contributed by atoms with Crippen molar-refractivity contribution >= 4 is 5.78 Å². The van der Waals surface area contributed by atoms with Gasteiger partial charge in [-0.25, -0.2) is 9.97 Å². The number of aromatic nitrogens is 2. The summed E-state index contributed by atoms with van der Waals surface area (Å²) < 4.78 is 4.91. The standard InChI is InChI=1S/C14H19N3O2/c1-17-11-3-4-12(17)6-9(5-11)13(18)10-7-15-14(19-2)16-8-10/h7-9,11-12H,3-6H2,1-2H3. The van der Waals surface area contributed by atoms with E-state index in [0.29, 0.717) is 23.7 Å². The molecular formula is C14H19N3O2. The Morgan fingerprint density at radius 2 is 1.84 bits per heavy atom. The van der Waals surface area contributed by atoms with E-state index in [9.17, 15) is 4.79 Å². The summed E-state index contributed by atoms with van der Waals surface area (Å²) in [6.45, 7) is 0. The molecule has 3 heterocycles. The molecule has 102 valence electrons. The Bertz CT molecular complexity index is 460. The minimum atomic E-state index is 0.130. The van der Waals surface area contributed by atoms with Crippen molar-refractivity contribution in [2.24, 2.45) is 5.92 Å². The summed E-state index contributed by atoms with van der Waals surface area (Å²) in [5, 5.41) is 0. The first-order chi connectivity index (χ1) is 9.19. The van der Waals surface area contributed by atoms with Crippen molar-refractivity contribution < 1.29 is 9.53 Å². The molecule has 2 atom stereocenters. The molecular weight excluding hydrogens is 242 g/mol. The topological polar surface area (TPSA) is 55.3 Å². The molecule has 2 bridgehead atoms. The zero-order valence-electron chi connectivity index (χ0n) is 11.4. The SMILES string of the molecule is COc1ncc(C(=O)C2CC3CCC(C2)N3C)cn1. The quantitative estimate of drug-likeness (QED) is 0.773. The molecule has 5 nitrogen and oxygen atoms in total. The highest BCUT2D eigenvalue weighted by molar-refractivity contribution is 5.97. The van der Waals surface area contributed by atoms with Crippen LogP contribution in [-0.2, 0) is 0 Å². The number of carbonyl (C=O) groups excluding carboxylic acids is 1. The largest absolute Gasteiger partial charge is 0.467 e. The number of ether oxygens (including phenoxy) is 1. The van der Waals surface area contributed by atoms with Crippen LogP contribution in [0.3, 0.4) is 0 Å². The number of piperidine rings is 1. The van der Waals surface area contributed by atoms with Crippen LogP contribution >= 0.6 is 0 Å². The fourth-order valence-electron chi connectivity index (χ4n) is 3.41. The first kappa shape index (κ1) is 12.5. The first-order valence-corrected chi connectivity index (χ1v) is 6.81. The van der Waals surface area contributed by atoms with Crippen LogP contribution in [0, 0.1) is 5.92 Å². The predicted octanol–water partition coefficient (Wildman–Crippen LogP) is 1.54. The van der Waals surface area contributed by atoms with Gasteiger partial charge >= 0.3 is 6.01 Å². The van der Waals surface area contributed by atoms with Crippen LogP contribution < -0.4 is 4.74 Å². The molecule has 3 rings (SSSR count). The van der Waals surface area contributed by atoms with Gasteiger partial charge in [-0.2, -0.15) is 0 Å².